The second kappa shape index (κ2) is 7.96. The molecule has 0 N–H and O–H groups in total. The third-order valence-corrected chi connectivity index (χ3v) is 6.18. The Morgan fingerprint density at radius 2 is 1.66 bits per heavy atom. The number of hydrogen-bond acceptors (Lipinski definition) is 5. The molecular formula is C19H18F3N3O3S. The van der Waals surface area contributed by atoms with Gasteiger partial charge in [0.05, 0.1) is 4.90 Å². The predicted molar refractivity (Wildman–Crippen MR) is 99.0 cm³/mol. The number of aromatic nitrogens is 2. The lowest BCUT2D eigenvalue weighted by Crippen LogP contribution is -2.36. The fraction of sp³-hybridized carbons (Fsp3) is 0.263. The first kappa shape index (κ1) is 21.0. The van der Waals surface area contributed by atoms with Crippen molar-refractivity contribution < 1.29 is 26.1 Å². The topological polar surface area (TPSA) is 76.3 Å². The molecule has 0 atom stereocenters. The molecule has 0 unspecified atom stereocenters. The van der Waals surface area contributed by atoms with Crippen molar-refractivity contribution in [3.05, 3.63) is 66.1 Å². The third kappa shape index (κ3) is 4.65. The maximum absolute atomic E-state index is 13.0. The molecule has 0 saturated carbocycles. The van der Waals surface area contributed by atoms with Gasteiger partial charge in [-0.05, 0) is 31.5 Å². The van der Waals surface area contributed by atoms with Crippen LogP contribution in [-0.2, 0) is 22.7 Å². The van der Waals surface area contributed by atoms with Gasteiger partial charge in [0, 0.05) is 18.2 Å². The summed E-state index contributed by atoms with van der Waals surface area (Å²) in [4.78, 5) is 3.53. The molecule has 0 aliphatic rings. The minimum Gasteiger partial charge on any atom is -0.329 e. The molecule has 0 amide bonds. The molecule has 1 aromatic heterocycles. The summed E-state index contributed by atoms with van der Waals surface area (Å²) < 4.78 is 69.3. The Kier molecular flexibility index (Phi) is 5.76. The summed E-state index contributed by atoms with van der Waals surface area (Å²) in [5.41, 5.74) is 0.997. The second-order valence-corrected chi connectivity index (χ2v) is 8.47. The fourth-order valence-electron chi connectivity index (χ4n) is 2.67. The number of benzene rings is 2. The van der Waals surface area contributed by atoms with Crippen LogP contribution >= 0.6 is 0 Å². The first-order chi connectivity index (χ1) is 13.6. The second-order valence-electron chi connectivity index (χ2n) is 6.57. The van der Waals surface area contributed by atoms with Gasteiger partial charge in [-0.2, -0.15) is 22.5 Å². The molecule has 0 bridgehead atoms. The van der Waals surface area contributed by atoms with Gasteiger partial charge >= 0.3 is 12.1 Å². The lowest BCUT2D eigenvalue weighted by molar-refractivity contribution is -0.159. The lowest BCUT2D eigenvalue weighted by atomic mass is 10.1. The normalized spacial score (nSPS) is 12.7. The van der Waals surface area contributed by atoms with Gasteiger partial charge in [-0.1, -0.05) is 47.6 Å². The maximum Gasteiger partial charge on any atom is 0.471 e. The lowest BCUT2D eigenvalue weighted by Gasteiger charge is -2.26. The summed E-state index contributed by atoms with van der Waals surface area (Å²) in [6.07, 6.45) is -4.71. The van der Waals surface area contributed by atoms with Crippen molar-refractivity contribution in [1.82, 2.24) is 14.4 Å². The van der Waals surface area contributed by atoms with Crippen LogP contribution in [0.4, 0.5) is 13.2 Å². The van der Waals surface area contributed by atoms with Crippen molar-refractivity contribution in [3.63, 3.8) is 0 Å². The summed E-state index contributed by atoms with van der Waals surface area (Å²) in [6.45, 7) is 3.65. The van der Waals surface area contributed by atoms with Crippen LogP contribution in [0.15, 0.2) is 64.0 Å². The van der Waals surface area contributed by atoms with Crippen LogP contribution in [-0.4, -0.2) is 28.9 Å². The quantitative estimate of drug-likeness (QED) is 0.587. The van der Waals surface area contributed by atoms with E-state index in [-0.39, 0.29) is 23.3 Å². The van der Waals surface area contributed by atoms with E-state index in [1.807, 2.05) is 0 Å². The first-order valence-corrected chi connectivity index (χ1v) is 10.1. The van der Waals surface area contributed by atoms with Crippen LogP contribution in [0.5, 0.6) is 0 Å². The van der Waals surface area contributed by atoms with E-state index in [2.05, 4.69) is 14.7 Å². The van der Waals surface area contributed by atoms with Crippen molar-refractivity contribution in [2.45, 2.75) is 37.5 Å². The molecule has 0 fully saturated rings. The van der Waals surface area contributed by atoms with E-state index in [9.17, 15) is 21.6 Å². The molecule has 3 aromatic rings. The summed E-state index contributed by atoms with van der Waals surface area (Å²) in [7, 11) is -3.71. The minimum atomic E-state index is -4.71. The standard InChI is InChI=1S/C19H18F3N3O3S/c1-13(2)25(29(26,27)16-6-4-3-5-7-16)12-14-8-10-15(11-9-14)17-23-18(28-24-17)19(20,21)22/h3-11,13H,12H2,1-2H3. The summed E-state index contributed by atoms with van der Waals surface area (Å²) in [5, 5.41) is 3.34. The zero-order chi connectivity index (χ0) is 21.2. The Morgan fingerprint density at radius 3 is 2.17 bits per heavy atom. The van der Waals surface area contributed by atoms with E-state index in [0.717, 1.165) is 0 Å². The number of alkyl halides is 3. The highest BCUT2D eigenvalue weighted by atomic mass is 32.2. The van der Waals surface area contributed by atoms with Crippen molar-refractivity contribution in [3.8, 4) is 11.4 Å². The van der Waals surface area contributed by atoms with Gasteiger partial charge < -0.3 is 4.52 Å². The van der Waals surface area contributed by atoms with Crippen molar-refractivity contribution in [1.29, 1.82) is 0 Å². The van der Waals surface area contributed by atoms with Crippen LogP contribution in [0.2, 0.25) is 0 Å². The zero-order valence-corrected chi connectivity index (χ0v) is 16.4. The van der Waals surface area contributed by atoms with Gasteiger partial charge in [0.15, 0.2) is 0 Å². The maximum atomic E-state index is 13.0. The van der Waals surface area contributed by atoms with Crippen LogP contribution in [0.25, 0.3) is 11.4 Å². The molecule has 29 heavy (non-hydrogen) atoms. The monoisotopic (exact) mass is 425 g/mol. The molecule has 3 rings (SSSR count). The predicted octanol–water partition coefficient (Wildman–Crippen LogP) is 4.35. The highest BCUT2D eigenvalue weighted by molar-refractivity contribution is 7.89. The van der Waals surface area contributed by atoms with E-state index in [4.69, 9.17) is 0 Å². The van der Waals surface area contributed by atoms with Crippen molar-refractivity contribution >= 4 is 10.0 Å². The Morgan fingerprint density at radius 1 is 1.03 bits per heavy atom. The Balaban J connectivity index is 1.83. The van der Waals surface area contributed by atoms with Crippen molar-refractivity contribution in [2.75, 3.05) is 0 Å². The van der Waals surface area contributed by atoms with E-state index in [1.165, 1.54) is 28.6 Å². The van der Waals surface area contributed by atoms with Gasteiger partial charge in [-0.3, -0.25) is 0 Å². The summed E-state index contributed by atoms with van der Waals surface area (Å²) in [6, 6.07) is 14.1. The molecule has 0 aliphatic carbocycles. The van der Waals surface area contributed by atoms with Gasteiger partial charge in [0.2, 0.25) is 15.8 Å². The van der Waals surface area contributed by atoms with Gasteiger partial charge in [-0.15, -0.1) is 0 Å². The number of hydrogen-bond donors (Lipinski definition) is 0. The van der Waals surface area contributed by atoms with Crippen molar-refractivity contribution in [2.24, 2.45) is 0 Å². The minimum absolute atomic E-state index is 0.106. The molecular weight excluding hydrogens is 407 g/mol. The number of sulfonamides is 1. The largest absolute Gasteiger partial charge is 0.471 e. The molecule has 0 saturated heterocycles. The van der Waals surface area contributed by atoms with Gasteiger partial charge in [0.25, 0.3) is 0 Å². The Hall–Kier alpha value is -2.72. The molecule has 1 heterocycles. The highest BCUT2D eigenvalue weighted by Crippen LogP contribution is 2.29. The van der Waals surface area contributed by atoms with E-state index in [1.54, 1.807) is 44.2 Å². The average Bonchev–Trinajstić information content (AvgIpc) is 3.17. The number of nitrogens with zero attached hydrogens (tertiary/aromatic N) is 3. The van der Waals surface area contributed by atoms with E-state index in [0.29, 0.717) is 11.1 Å². The average molecular weight is 425 g/mol. The Bertz CT molecular complexity index is 1060. The first-order valence-electron chi connectivity index (χ1n) is 8.66. The van der Waals surface area contributed by atoms with Crippen LogP contribution in [0.1, 0.15) is 25.3 Å². The SMILES string of the molecule is CC(C)N(Cc1ccc(-c2noc(C(F)(F)F)n2)cc1)S(=O)(=O)c1ccccc1. The molecule has 0 radical (unpaired) electrons. The van der Waals surface area contributed by atoms with Gasteiger partial charge in [-0.25, -0.2) is 8.42 Å². The molecule has 0 spiro atoms. The summed E-state index contributed by atoms with van der Waals surface area (Å²) >= 11 is 0. The number of halogens is 3. The van der Waals surface area contributed by atoms with Gasteiger partial charge in [0.1, 0.15) is 0 Å². The van der Waals surface area contributed by atoms with E-state index >= 15 is 0 Å². The summed E-state index contributed by atoms with van der Waals surface area (Å²) in [5.74, 6) is -1.61. The molecule has 2 aromatic carbocycles. The molecule has 0 aliphatic heterocycles. The molecule has 6 nitrogen and oxygen atoms in total. The third-order valence-electron chi connectivity index (χ3n) is 4.14. The van der Waals surface area contributed by atoms with Crippen LogP contribution in [0, 0.1) is 0 Å². The molecule has 10 heteroatoms. The smallest absolute Gasteiger partial charge is 0.329 e. The van der Waals surface area contributed by atoms with Crippen LogP contribution < -0.4 is 0 Å². The van der Waals surface area contributed by atoms with E-state index < -0.39 is 22.1 Å². The number of rotatable bonds is 6. The fourth-order valence-corrected chi connectivity index (χ4v) is 4.31. The van der Waals surface area contributed by atoms with Crippen LogP contribution in [0.3, 0.4) is 0 Å². The highest BCUT2D eigenvalue weighted by Gasteiger charge is 2.38. The zero-order valence-electron chi connectivity index (χ0n) is 15.6. The molecule has 154 valence electrons. The Labute approximate surface area is 166 Å².